The van der Waals surface area contributed by atoms with Gasteiger partial charge in [-0.1, -0.05) is 25.1 Å². The van der Waals surface area contributed by atoms with E-state index in [0.29, 0.717) is 11.8 Å². The van der Waals surface area contributed by atoms with Crippen LogP contribution in [-0.2, 0) is 11.2 Å². The van der Waals surface area contributed by atoms with Gasteiger partial charge >= 0.3 is 0 Å². The second kappa shape index (κ2) is 5.21. The van der Waals surface area contributed by atoms with Crippen molar-refractivity contribution in [1.82, 2.24) is 0 Å². The van der Waals surface area contributed by atoms with E-state index in [1.165, 1.54) is 18.4 Å². The second-order valence-electron chi connectivity index (χ2n) is 6.39. The zero-order valence-corrected chi connectivity index (χ0v) is 12.4. The van der Waals surface area contributed by atoms with Crippen molar-refractivity contribution in [3.8, 4) is 0 Å². The molecule has 4 unspecified atom stereocenters. The maximum atomic E-state index is 12.6. The van der Waals surface area contributed by atoms with Gasteiger partial charge in [-0.25, -0.2) is 0 Å². The predicted molar refractivity (Wildman–Crippen MR) is 81.5 cm³/mol. The van der Waals surface area contributed by atoms with Crippen molar-refractivity contribution in [1.29, 1.82) is 0 Å². The highest BCUT2D eigenvalue weighted by molar-refractivity contribution is 5.95. The van der Waals surface area contributed by atoms with E-state index < -0.39 is 0 Å². The van der Waals surface area contributed by atoms with Crippen molar-refractivity contribution in [2.45, 2.75) is 45.6 Å². The molecule has 0 aromatic heterocycles. The first-order valence-corrected chi connectivity index (χ1v) is 7.76. The molecule has 0 radical (unpaired) electrons. The molecule has 1 aromatic carbocycles. The van der Waals surface area contributed by atoms with Gasteiger partial charge in [0, 0.05) is 11.7 Å². The van der Waals surface area contributed by atoms with E-state index in [-0.39, 0.29) is 17.9 Å². The van der Waals surface area contributed by atoms with Gasteiger partial charge in [-0.05, 0) is 55.6 Å². The molecule has 2 aliphatic carbocycles. The Morgan fingerprint density at radius 2 is 2.10 bits per heavy atom. The number of benzene rings is 1. The molecule has 3 heteroatoms. The summed E-state index contributed by atoms with van der Waals surface area (Å²) in [5.41, 5.74) is 9.60. The maximum absolute atomic E-state index is 12.6. The third kappa shape index (κ3) is 2.14. The molecule has 3 N–H and O–H groups in total. The third-order valence-electron chi connectivity index (χ3n) is 5.27. The highest BCUT2D eigenvalue weighted by Crippen LogP contribution is 2.48. The van der Waals surface area contributed by atoms with Gasteiger partial charge in [-0.3, -0.25) is 4.79 Å². The summed E-state index contributed by atoms with van der Waals surface area (Å²) in [5, 5.41) is 3.17. The number of rotatable bonds is 3. The Labute approximate surface area is 120 Å². The summed E-state index contributed by atoms with van der Waals surface area (Å²) in [6, 6.07) is 6.24. The van der Waals surface area contributed by atoms with Crippen LogP contribution in [0.25, 0.3) is 0 Å². The van der Waals surface area contributed by atoms with Crippen LogP contribution in [0, 0.1) is 24.7 Å². The molecule has 4 atom stereocenters. The van der Waals surface area contributed by atoms with E-state index in [0.717, 1.165) is 24.1 Å². The molecule has 1 amide bonds. The summed E-state index contributed by atoms with van der Waals surface area (Å²) in [6.07, 6.45) is 4.46. The van der Waals surface area contributed by atoms with Gasteiger partial charge in [-0.15, -0.1) is 0 Å². The van der Waals surface area contributed by atoms with Crippen LogP contribution in [0.15, 0.2) is 18.2 Å². The number of hydrogen-bond acceptors (Lipinski definition) is 2. The van der Waals surface area contributed by atoms with Gasteiger partial charge in [0.2, 0.25) is 5.91 Å². The molecule has 0 aliphatic heterocycles. The van der Waals surface area contributed by atoms with E-state index in [9.17, 15) is 4.79 Å². The first-order valence-electron chi connectivity index (χ1n) is 7.76. The number of aryl methyl sites for hydroxylation is 2. The lowest BCUT2D eigenvalue weighted by Gasteiger charge is -2.27. The molecule has 2 saturated carbocycles. The van der Waals surface area contributed by atoms with Crippen LogP contribution in [0.4, 0.5) is 5.69 Å². The minimum Gasteiger partial charge on any atom is -0.327 e. The van der Waals surface area contributed by atoms with Crippen LogP contribution in [0.5, 0.6) is 0 Å². The van der Waals surface area contributed by atoms with Crippen molar-refractivity contribution in [3.05, 3.63) is 29.3 Å². The molecule has 0 saturated heterocycles. The lowest BCUT2D eigenvalue weighted by Crippen LogP contribution is -2.42. The first kappa shape index (κ1) is 13.6. The minimum atomic E-state index is 0.0121. The van der Waals surface area contributed by atoms with Crippen molar-refractivity contribution in [2.75, 3.05) is 5.32 Å². The molecule has 3 nitrogen and oxygen atoms in total. The lowest BCUT2D eigenvalue weighted by molar-refractivity contribution is -0.121. The second-order valence-corrected chi connectivity index (χ2v) is 6.39. The Hall–Kier alpha value is -1.35. The molecule has 108 valence electrons. The highest BCUT2D eigenvalue weighted by atomic mass is 16.2. The molecule has 0 spiro atoms. The topological polar surface area (TPSA) is 55.1 Å². The molecule has 2 fully saturated rings. The molecular weight excluding hydrogens is 248 g/mol. The first-order chi connectivity index (χ1) is 9.61. The number of carbonyl (C=O) groups excluding carboxylic acids is 1. The number of nitrogens with two attached hydrogens (primary N) is 1. The monoisotopic (exact) mass is 272 g/mol. The smallest absolute Gasteiger partial charge is 0.229 e. The lowest BCUT2D eigenvalue weighted by atomic mass is 9.84. The van der Waals surface area contributed by atoms with Crippen molar-refractivity contribution >= 4 is 11.6 Å². The van der Waals surface area contributed by atoms with Crippen LogP contribution in [-0.4, -0.2) is 11.9 Å². The van der Waals surface area contributed by atoms with E-state index in [2.05, 4.69) is 31.3 Å². The maximum Gasteiger partial charge on any atom is 0.229 e. The van der Waals surface area contributed by atoms with Crippen LogP contribution in [0.2, 0.25) is 0 Å². The van der Waals surface area contributed by atoms with E-state index in [4.69, 9.17) is 5.73 Å². The van der Waals surface area contributed by atoms with Crippen molar-refractivity contribution < 1.29 is 4.79 Å². The number of anilines is 1. The van der Waals surface area contributed by atoms with Gasteiger partial charge in [0.25, 0.3) is 0 Å². The molecule has 20 heavy (non-hydrogen) atoms. The Bertz CT molecular complexity index is 524. The van der Waals surface area contributed by atoms with Crippen LogP contribution in [0.1, 0.15) is 37.3 Å². The van der Waals surface area contributed by atoms with Gasteiger partial charge in [0.1, 0.15) is 0 Å². The largest absolute Gasteiger partial charge is 0.327 e. The summed E-state index contributed by atoms with van der Waals surface area (Å²) < 4.78 is 0. The fourth-order valence-electron chi connectivity index (χ4n) is 4.13. The number of para-hydroxylation sites is 1. The SMILES string of the molecule is CCc1cccc(C)c1NC(=O)C1C2CCC(C2)C1N. The van der Waals surface area contributed by atoms with Gasteiger partial charge < -0.3 is 11.1 Å². The number of amides is 1. The quantitative estimate of drug-likeness (QED) is 0.889. The van der Waals surface area contributed by atoms with E-state index >= 15 is 0 Å². The molecule has 2 aliphatic rings. The predicted octanol–water partition coefficient (Wildman–Crippen LogP) is 2.87. The fraction of sp³-hybridized carbons (Fsp3) is 0.588. The normalized spacial score (nSPS) is 31.6. The van der Waals surface area contributed by atoms with Crippen LogP contribution < -0.4 is 11.1 Å². The summed E-state index contributed by atoms with van der Waals surface area (Å²) >= 11 is 0. The Morgan fingerprint density at radius 1 is 1.35 bits per heavy atom. The van der Waals surface area contributed by atoms with Gasteiger partial charge in [0.15, 0.2) is 0 Å². The third-order valence-corrected chi connectivity index (χ3v) is 5.27. The highest BCUT2D eigenvalue weighted by Gasteiger charge is 2.49. The van der Waals surface area contributed by atoms with Gasteiger partial charge in [-0.2, -0.15) is 0 Å². The summed E-state index contributed by atoms with van der Waals surface area (Å²) in [4.78, 5) is 12.6. The molecule has 0 heterocycles. The van der Waals surface area contributed by atoms with Gasteiger partial charge in [0.05, 0.1) is 5.92 Å². The fourth-order valence-corrected chi connectivity index (χ4v) is 4.13. The zero-order valence-electron chi connectivity index (χ0n) is 12.4. The zero-order chi connectivity index (χ0) is 14.3. The molecule has 2 bridgehead atoms. The van der Waals surface area contributed by atoms with Crippen LogP contribution >= 0.6 is 0 Å². The average Bonchev–Trinajstić information content (AvgIpc) is 3.01. The Morgan fingerprint density at radius 3 is 2.75 bits per heavy atom. The Kier molecular flexibility index (Phi) is 3.55. The Balaban J connectivity index is 1.80. The van der Waals surface area contributed by atoms with Crippen LogP contribution in [0.3, 0.4) is 0 Å². The van der Waals surface area contributed by atoms with Crippen molar-refractivity contribution in [2.24, 2.45) is 23.5 Å². The number of fused-ring (bicyclic) bond motifs is 2. The van der Waals surface area contributed by atoms with E-state index in [1.54, 1.807) is 0 Å². The number of hydrogen-bond donors (Lipinski definition) is 2. The summed E-state index contributed by atoms with van der Waals surface area (Å²) in [5.74, 6) is 1.22. The molecular formula is C17H24N2O. The minimum absolute atomic E-state index is 0.0121. The van der Waals surface area contributed by atoms with E-state index in [1.807, 2.05) is 6.07 Å². The summed E-state index contributed by atoms with van der Waals surface area (Å²) in [6.45, 7) is 4.17. The molecule has 1 aromatic rings. The number of carbonyl (C=O) groups is 1. The summed E-state index contributed by atoms with van der Waals surface area (Å²) in [7, 11) is 0. The average molecular weight is 272 g/mol. The number of nitrogens with one attached hydrogen (secondary N) is 1. The van der Waals surface area contributed by atoms with Crippen molar-refractivity contribution in [3.63, 3.8) is 0 Å². The standard InChI is InChI=1S/C17H24N2O/c1-3-11-6-4-5-10(2)16(11)19-17(20)14-12-7-8-13(9-12)15(14)18/h4-6,12-15H,3,7-9,18H2,1-2H3,(H,19,20). The molecule has 3 rings (SSSR count).